The highest BCUT2D eigenvalue weighted by atomic mass is 32.1. The molecule has 0 fully saturated rings. The number of benzene rings is 1. The van der Waals surface area contributed by atoms with E-state index in [1.54, 1.807) is 6.20 Å². The third-order valence-corrected chi connectivity index (χ3v) is 4.54. The van der Waals surface area contributed by atoms with E-state index in [1.807, 2.05) is 54.0 Å². The van der Waals surface area contributed by atoms with Gasteiger partial charge in [0.05, 0.1) is 6.42 Å². The molecule has 2 N–H and O–H groups in total. The number of nitrogens with zero attached hydrogens (tertiary/aromatic N) is 2. The van der Waals surface area contributed by atoms with Gasteiger partial charge in [-0.15, -0.1) is 11.3 Å². The molecular weight excluding hydrogens is 320 g/mol. The molecule has 118 valence electrons. The van der Waals surface area contributed by atoms with Crippen LogP contribution in [-0.4, -0.2) is 20.9 Å². The Labute approximate surface area is 142 Å². The van der Waals surface area contributed by atoms with Crippen LogP contribution < -0.4 is 5.32 Å². The van der Waals surface area contributed by atoms with Gasteiger partial charge in [0, 0.05) is 28.7 Å². The van der Waals surface area contributed by atoms with Crippen molar-refractivity contribution >= 4 is 34.1 Å². The van der Waals surface area contributed by atoms with Crippen LogP contribution in [-0.2, 0) is 11.2 Å². The number of carbonyl (C=O) groups excluding carboxylic acids is 1. The van der Waals surface area contributed by atoms with Gasteiger partial charge in [0.15, 0.2) is 0 Å². The second-order valence-electron chi connectivity index (χ2n) is 5.35. The molecule has 1 aromatic carbocycles. The average molecular weight is 334 g/mol. The predicted molar refractivity (Wildman–Crippen MR) is 96.0 cm³/mol. The molecule has 4 aromatic rings. The molecule has 0 saturated heterocycles. The maximum absolute atomic E-state index is 12.1. The third-order valence-electron chi connectivity index (χ3n) is 3.66. The first kappa shape index (κ1) is 14.6. The second-order valence-corrected chi connectivity index (χ2v) is 6.21. The molecule has 3 heterocycles. The molecule has 0 atom stereocenters. The summed E-state index contributed by atoms with van der Waals surface area (Å²) in [6.07, 6.45) is 3.98. The molecule has 24 heavy (non-hydrogen) atoms. The van der Waals surface area contributed by atoms with Crippen molar-refractivity contribution in [1.82, 2.24) is 15.0 Å². The van der Waals surface area contributed by atoms with E-state index in [0.29, 0.717) is 12.2 Å². The zero-order valence-corrected chi connectivity index (χ0v) is 13.5. The Morgan fingerprint density at radius 1 is 1.17 bits per heavy atom. The first-order chi connectivity index (χ1) is 11.8. The Balaban J connectivity index is 1.52. The molecule has 3 aromatic heterocycles. The minimum Gasteiger partial charge on any atom is -0.345 e. The summed E-state index contributed by atoms with van der Waals surface area (Å²) in [5.41, 5.74) is 2.80. The SMILES string of the molecule is O=C(Cc1ccccc1)Nc1csc(-c2c[nH]c3ncccc23)n1. The first-order valence-corrected chi connectivity index (χ1v) is 8.39. The third kappa shape index (κ3) is 2.91. The molecule has 0 aliphatic rings. The summed E-state index contributed by atoms with van der Waals surface area (Å²) < 4.78 is 0. The van der Waals surface area contributed by atoms with Gasteiger partial charge >= 0.3 is 0 Å². The Bertz CT molecular complexity index is 990. The van der Waals surface area contributed by atoms with Crippen molar-refractivity contribution in [3.05, 3.63) is 65.8 Å². The van der Waals surface area contributed by atoms with Crippen molar-refractivity contribution < 1.29 is 4.79 Å². The van der Waals surface area contributed by atoms with Crippen LogP contribution in [0, 0.1) is 0 Å². The minimum atomic E-state index is -0.0707. The van der Waals surface area contributed by atoms with Gasteiger partial charge in [-0.25, -0.2) is 9.97 Å². The van der Waals surface area contributed by atoms with E-state index < -0.39 is 0 Å². The molecule has 0 aliphatic heterocycles. The van der Waals surface area contributed by atoms with E-state index in [2.05, 4.69) is 20.3 Å². The molecule has 1 amide bonds. The smallest absolute Gasteiger partial charge is 0.229 e. The topological polar surface area (TPSA) is 70.7 Å². The fourth-order valence-electron chi connectivity index (χ4n) is 2.56. The van der Waals surface area contributed by atoms with Crippen molar-refractivity contribution in [2.24, 2.45) is 0 Å². The van der Waals surface area contributed by atoms with Crippen molar-refractivity contribution in [1.29, 1.82) is 0 Å². The zero-order valence-electron chi connectivity index (χ0n) is 12.7. The maximum atomic E-state index is 12.1. The lowest BCUT2D eigenvalue weighted by molar-refractivity contribution is -0.115. The number of rotatable bonds is 4. The monoisotopic (exact) mass is 334 g/mol. The number of amides is 1. The van der Waals surface area contributed by atoms with Crippen LogP contribution in [0.4, 0.5) is 5.82 Å². The number of fused-ring (bicyclic) bond motifs is 1. The van der Waals surface area contributed by atoms with Crippen LogP contribution >= 0.6 is 11.3 Å². The van der Waals surface area contributed by atoms with E-state index >= 15 is 0 Å². The van der Waals surface area contributed by atoms with Crippen molar-refractivity contribution in [3.63, 3.8) is 0 Å². The summed E-state index contributed by atoms with van der Waals surface area (Å²) in [6.45, 7) is 0. The molecule has 0 spiro atoms. The van der Waals surface area contributed by atoms with Crippen LogP contribution in [0.25, 0.3) is 21.6 Å². The van der Waals surface area contributed by atoms with Crippen molar-refractivity contribution in [2.75, 3.05) is 5.32 Å². The number of hydrogen-bond acceptors (Lipinski definition) is 4. The van der Waals surface area contributed by atoms with Crippen molar-refractivity contribution in [3.8, 4) is 10.6 Å². The highest BCUT2D eigenvalue weighted by Crippen LogP contribution is 2.31. The van der Waals surface area contributed by atoms with E-state index in [-0.39, 0.29) is 5.91 Å². The van der Waals surface area contributed by atoms with Crippen LogP contribution in [0.15, 0.2) is 60.2 Å². The normalized spacial score (nSPS) is 10.8. The average Bonchev–Trinajstić information content (AvgIpc) is 3.22. The molecule has 6 heteroatoms. The van der Waals surface area contributed by atoms with Gasteiger partial charge < -0.3 is 10.3 Å². The van der Waals surface area contributed by atoms with Crippen LogP contribution in [0.3, 0.4) is 0 Å². The Kier molecular flexibility index (Phi) is 3.80. The molecule has 0 bridgehead atoms. The molecule has 0 saturated carbocycles. The summed E-state index contributed by atoms with van der Waals surface area (Å²) in [5, 5.41) is 6.58. The minimum absolute atomic E-state index is 0.0707. The maximum Gasteiger partial charge on any atom is 0.229 e. The number of aromatic nitrogens is 3. The molecule has 0 unspecified atom stereocenters. The van der Waals surface area contributed by atoms with Crippen molar-refractivity contribution in [2.45, 2.75) is 6.42 Å². The van der Waals surface area contributed by atoms with Crippen LogP contribution in [0.5, 0.6) is 0 Å². The lowest BCUT2D eigenvalue weighted by atomic mass is 10.1. The standard InChI is InChI=1S/C18H14N4OS/c23-16(9-12-5-2-1-3-6-12)21-15-11-24-18(22-15)14-10-20-17-13(14)7-4-8-19-17/h1-8,10-11H,9H2,(H,19,20)(H,21,23). The van der Waals surface area contributed by atoms with Gasteiger partial charge in [0.1, 0.15) is 16.5 Å². The van der Waals surface area contributed by atoms with Gasteiger partial charge in [0.2, 0.25) is 5.91 Å². The van der Waals surface area contributed by atoms with Crippen LogP contribution in [0.1, 0.15) is 5.56 Å². The number of H-pyrrole nitrogens is 1. The van der Waals surface area contributed by atoms with Crippen LogP contribution in [0.2, 0.25) is 0 Å². The number of thiazole rings is 1. The summed E-state index contributed by atoms with van der Waals surface area (Å²) >= 11 is 1.50. The molecule has 4 rings (SSSR count). The van der Waals surface area contributed by atoms with Gasteiger partial charge in [0.25, 0.3) is 0 Å². The van der Waals surface area contributed by atoms with E-state index in [4.69, 9.17) is 0 Å². The summed E-state index contributed by atoms with van der Waals surface area (Å²) in [6, 6.07) is 13.6. The molecule has 0 aliphatic carbocycles. The highest BCUT2D eigenvalue weighted by molar-refractivity contribution is 7.13. The van der Waals surface area contributed by atoms with Gasteiger partial charge in [-0.3, -0.25) is 4.79 Å². The van der Waals surface area contributed by atoms with E-state index in [1.165, 1.54) is 11.3 Å². The Morgan fingerprint density at radius 2 is 2.04 bits per heavy atom. The number of hydrogen-bond donors (Lipinski definition) is 2. The Morgan fingerprint density at radius 3 is 2.92 bits per heavy atom. The number of nitrogens with one attached hydrogen (secondary N) is 2. The quantitative estimate of drug-likeness (QED) is 0.595. The zero-order chi connectivity index (χ0) is 16.4. The van der Waals surface area contributed by atoms with Gasteiger partial charge in [-0.2, -0.15) is 0 Å². The lowest BCUT2D eigenvalue weighted by Crippen LogP contribution is -2.14. The second kappa shape index (κ2) is 6.25. The first-order valence-electron chi connectivity index (χ1n) is 7.51. The fourth-order valence-corrected chi connectivity index (χ4v) is 3.34. The summed E-state index contributed by atoms with van der Waals surface area (Å²) in [5.74, 6) is 0.507. The number of carbonyl (C=O) groups is 1. The summed E-state index contributed by atoms with van der Waals surface area (Å²) in [7, 11) is 0. The molecular formula is C18H14N4OS. The van der Waals surface area contributed by atoms with Gasteiger partial charge in [-0.05, 0) is 17.7 Å². The number of aromatic amines is 1. The predicted octanol–water partition coefficient (Wildman–Crippen LogP) is 3.87. The van der Waals surface area contributed by atoms with E-state index in [0.717, 1.165) is 27.2 Å². The number of pyridine rings is 1. The fraction of sp³-hybridized carbons (Fsp3) is 0.0556. The highest BCUT2D eigenvalue weighted by Gasteiger charge is 2.12. The lowest BCUT2D eigenvalue weighted by Gasteiger charge is -2.01. The number of anilines is 1. The molecule has 5 nitrogen and oxygen atoms in total. The summed E-state index contributed by atoms with van der Waals surface area (Å²) in [4.78, 5) is 24.1. The Hall–Kier alpha value is -2.99. The van der Waals surface area contributed by atoms with Gasteiger partial charge in [-0.1, -0.05) is 30.3 Å². The molecule has 0 radical (unpaired) electrons. The van der Waals surface area contributed by atoms with E-state index in [9.17, 15) is 4.79 Å². The largest absolute Gasteiger partial charge is 0.345 e.